The minimum atomic E-state index is 0.563. The van der Waals surface area contributed by atoms with Crippen LogP contribution >= 0.6 is 22.9 Å². The molecule has 0 aromatic carbocycles. The molecule has 0 atom stereocenters. The first-order valence-corrected chi connectivity index (χ1v) is 12.6. The van der Waals surface area contributed by atoms with Crippen LogP contribution < -0.4 is 0 Å². The van der Waals surface area contributed by atoms with Crippen molar-refractivity contribution in [2.45, 2.75) is 0 Å². The maximum atomic E-state index is 5.40. The molecule has 0 bridgehead atoms. The summed E-state index contributed by atoms with van der Waals surface area (Å²) in [4.78, 5) is 21.2. The van der Waals surface area contributed by atoms with Gasteiger partial charge in [0.2, 0.25) is 0 Å². The number of hydrogen-bond donors (Lipinski definition) is 2. The Hall–Kier alpha value is -4.95. The molecule has 0 saturated carbocycles. The van der Waals surface area contributed by atoms with Gasteiger partial charge in [-0.15, -0.1) is 16.4 Å². The van der Waals surface area contributed by atoms with E-state index in [1.807, 2.05) is 29.0 Å². The van der Waals surface area contributed by atoms with Crippen LogP contribution in [0.1, 0.15) is 0 Å². The van der Waals surface area contributed by atoms with Crippen LogP contribution in [0.3, 0.4) is 0 Å². The summed E-state index contributed by atoms with van der Waals surface area (Å²) in [6.07, 6.45) is 9.87. The van der Waals surface area contributed by atoms with Crippen LogP contribution in [0.4, 0.5) is 0 Å². The largest absolute Gasteiger partial charge is 0.363 e. The molecular weight excluding hydrogens is 510 g/mol. The van der Waals surface area contributed by atoms with E-state index in [-0.39, 0.29) is 0 Å². The molecule has 0 fully saturated rings. The van der Waals surface area contributed by atoms with Crippen LogP contribution in [-0.2, 0) is 0 Å². The summed E-state index contributed by atoms with van der Waals surface area (Å²) in [6, 6.07) is 5.56. The highest BCUT2D eigenvalue weighted by atomic mass is 32.1. The van der Waals surface area contributed by atoms with E-state index in [9.17, 15) is 0 Å². The second kappa shape index (κ2) is 8.92. The summed E-state index contributed by atoms with van der Waals surface area (Å²) in [6.45, 7) is 0. The number of H-pyrrole nitrogens is 2. The molecule has 0 radical (unpaired) electrons. The van der Waals surface area contributed by atoms with Gasteiger partial charge >= 0.3 is 0 Å². The molecule has 14 heteroatoms. The van der Waals surface area contributed by atoms with Gasteiger partial charge in [0.15, 0.2) is 5.82 Å². The minimum absolute atomic E-state index is 0.563. The Morgan fingerprint density at radius 2 is 1.86 bits per heavy atom. The molecule has 0 spiro atoms. The lowest BCUT2D eigenvalue weighted by atomic mass is 9.99. The molecule has 178 valence electrons. The number of thiazole rings is 1. The maximum Gasteiger partial charge on any atom is 0.156 e. The standard InChI is InChI=1S/C23H13N11OS2/c1-2-15(31-28-4-1)20-17(14-3-7-37-34-14)21(27-11-26-20)19-12(8-29-32-19)18-13(9-35-33-18)23-30-16(10-36-23)22-24-5-6-25-22/h1-11H,(H,24,25)(H,29,32). The van der Waals surface area contributed by atoms with Gasteiger partial charge in [-0.25, -0.2) is 19.9 Å². The lowest BCUT2D eigenvalue weighted by Crippen LogP contribution is -1.99. The predicted molar refractivity (Wildman–Crippen MR) is 136 cm³/mol. The summed E-state index contributed by atoms with van der Waals surface area (Å²) < 4.78 is 9.95. The van der Waals surface area contributed by atoms with Crippen molar-refractivity contribution in [2.75, 3.05) is 0 Å². The number of hydrogen-bond acceptors (Lipinski definition) is 12. The van der Waals surface area contributed by atoms with Gasteiger partial charge in [0.25, 0.3) is 0 Å². The van der Waals surface area contributed by atoms with Crippen LogP contribution in [0, 0.1) is 0 Å². The Labute approximate surface area is 215 Å². The van der Waals surface area contributed by atoms with Crippen LogP contribution in [0.2, 0.25) is 0 Å². The van der Waals surface area contributed by atoms with Gasteiger partial charge in [0, 0.05) is 35.5 Å². The zero-order chi connectivity index (χ0) is 24.6. The molecule has 0 aliphatic carbocycles. The second-order valence-corrected chi connectivity index (χ2v) is 9.16. The lowest BCUT2D eigenvalue weighted by Gasteiger charge is -2.10. The highest BCUT2D eigenvalue weighted by molar-refractivity contribution is 7.13. The maximum absolute atomic E-state index is 5.40. The van der Waals surface area contributed by atoms with Gasteiger partial charge in [-0.2, -0.15) is 14.6 Å². The average Bonchev–Trinajstić information content (AvgIpc) is 3.76. The van der Waals surface area contributed by atoms with Crippen molar-refractivity contribution in [3.8, 4) is 67.4 Å². The number of nitrogens with one attached hydrogen (secondary N) is 2. The Morgan fingerprint density at radius 1 is 0.892 bits per heavy atom. The van der Waals surface area contributed by atoms with Crippen molar-refractivity contribution >= 4 is 22.9 Å². The van der Waals surface area contributed by atoms with E-state index in [0.717, 1.165) is 16.3 Å². The normalized spacial score (nSPS) is 11.2. The number of rotatable bonds is 6. The molecule has 7 heterocycles. The Bertz CT molecular complexity index is 1790. The molecular formula is C23H13N11OS2. The quantitative estimate of drug-likeness (QED) is 0.315. The molecule has 0 aliphatic rings. The van der Waals surface area contributed by atoms with E-state index >= 15 is 0 Å². The average molecular weight is 524 g/mol. The zero-order valence-corrected chi connectivity index (χ0v) is 20.2. The number of imidazole rings is 1. The first kappa shape index (κ1) is 21.3. The molecule has 0 saturated heterocycles. The van der Waals surface area contributed by atoms with Gasteiger partial charge in [-0.3, -0.25) is 5.10 Å². The van der Waals surface area contributed by atoms with Crippen molar-refractivity contribution in [1.29, 1.82) is 0 Å². The predicted octanol–water partition coefficient (Wildman–Crippen LogP) is 4.62. The highest BCUT2D eigenvalue weighted by Crippen LogP contribution is 2.41. The van der Waals surface area contributed by atoms with Gasteiger partial charge < -0.3 is 9.51 Å². The van der Waals surface area contributed by atoms with Crippen LogP contribution in [0.25, 0.3) is 67.4 Å². The highest BCUT2D eigenvalue weighted by Gasteiger charge is 2.26. The van der Waals surface area contributed by atoms with E-state index in [2.05, 4.69) is 49.9 Å². The Kier molecular flexibility index (Phi) is 5.15. The summed E-state index contributed by atoms with van der Waals surface area (Å²) in [5.74, 6) is 0.690. The summed E-state index contributed by atoms with van der Waals surface area (Å²) in [5, 5.41) is 24.6. The molecule has 37 heavy (non-hydrogen) atoms. The topological polar surface area (TPSA) is 161 Å². The summed E-state index contributed by atoms with van der Waals surface area (Å²) in [5.41, 5.74) is 6.46. The number of aromatic nitrogens is 11. The minimum Gasteiger partial charge on any atom is -0.363 e. The van der Waals surface area contributed by atoms with E-state index in [0.29, 0.717) is 51.1 Å². The Morgan fingerprint density at radius 3 is 2.70 bits per heavy atom. The van der Waals surface area contributed by atoms with Gasteiger partial charge in [0.1, 0.15) is 51.8 Å². The lowest BCUT2D eigenvalue weighted by molar-refractivity contribution is 0.422. The molecule has 7 aromatic rings. The van der Waals surface area contributed by atoms with E-state index < -0.39 is 0 Å². The van der Waals surface area contributed by atoms with Crippen molar-refractivity contribution in [3.05, 3.63) is 66.3 Å². The fourth-order valence-corrected chi connectivity index (χ4v) is 5.24. The van der Waals surface area contributed by atoms with E-state index in [1.54, 1.807) is 31.1 Å². The van der Waals surface area contributed by atoms with Crippen molar-refractivity contribution in [1.82, 2.24) is 54.8 Å². The fraction of sp³-hybridized carbons (Fsp3) is 0. The van der Waals surface area contributed by atoms with Crippen molar-refractivity contribution < 1.29 is 4.52 Å². The summed E-state index contributed by atoms with van der Waals surface area (Å²) in [7, 11) is 0. The molecule has 0 amide bonds. The SMILES string of the molecule is c1cnnc(-c2ncnc(-c3n[nH]cc3-c3nocc3-c3nc(-c4ncc[nH]4)cs3)c2-c2ccsn2)c1. The number of nitrogens with zero attached hydrogens (tertiary/aromatic N) is 9. The van der Waals surface area contributed by atoms with Gasteiger partial charge in [-0.05, 0) is 29.7 Å². The molecule has 12 nitrogen and oxygen atoms in total. The van der Waals surface area contributed by atoms with Crippen molar-refractivity contribution in [2.24, 2.45) is 0 Å². The first-order valence-electron chi connectivity index (χ1n) is 10.8. The van der Waals surface area contributed by atoms with Crippen molar-refractivity contribution in [3.63, 3.8) is 0 Å². The number of aromatic amines is 2. The molecule has 7 rings (SSSR count). The second-order valence-electron chi connectivity index (χ2n) is 7.64. The van der Waals surface area contributed by atoms with Gasteiger partial charge in [0.05, 0.1) is 22.4 Å². The molecule has 0 aliphatic heterocycles. The third-order valence-electron chi connectivity index (χ3n) is 5.52. The van der Waals surface area contributed by atoms with E-state index in [4.69, 9.17) is 9.51 Å². The molecule has 7 aromatic heterocycles. The monoisotopic (exact) mass is 523 g/mol. The Balaban J connectivity index is 1.38. The van der Waals surface area contributed by atoms with Crippen LogP contribution in [-0.4, -0.2) is 54.8 Å². The third-order valence-corrected chi connectivity index (χ3v) is 6.96. The zero-order valence-electron chi connectivity index (χ0n) is 18.6. The smallest absolute Gasteiger partial charge is 0.156 e. The fourth-order valence-electron chi connectivity index (χ4n) is 3.92. The first-order chi connectivity index (χ1) is 18.4. The third kappa shape index (κ3) is 3.71. The van der Waals surface area contributed by atoms with Crippen LogP contribution in [0.5, 0.6) is 0 Å². The van der Waals surface area contributed by atoms with E-state index in [1.165, 1.54) is 29.2 Å². The summed E-state index contributed by atoms with van der Waals surface area (Å²) >= 11 is 2.80. The van der Waals surface area contributed by atoms with Crippen LogP contribution in [0.15, 0.2) is 70.9 Å². The molecule has 2 N–H and O–H groups in total. The van der Waals surface area contributed by atoms with Gasteiger partial charge in [-0.1, -0.05) is 5.16 Å². The molecule has 0 unspecified atom stereocenters.